The second-order valence-electron chi connectivity index (χ2n) is 8.32. The van der Waals surface area contributed by atoms with E-state index >= 15 is 0 Å². The van der Waals surface area contributed by atoms with Crippen molar-refractivity contribution in [3.8, 4) is 0 Å². The Balaban J connectivity index is 1.70. The molecule has 0 spiro atoms. The van der Waals surface area contributed by atoms with Crippen LogP contribution in [0.1, 0.15) is 67.9 Å². The number of fused-ring (bicyclic) bond motifs is 5. The van der Waals surface area contributed by atoms with Crippen LogP contribution < -0.4 is 0 Å². The lowest BCUT2D eigenvalue weighted by molar-refractivity contribution is -0.118. The first kappa shape index (κ1) is 11.9. The molecule has 116 valence electrons. The van der Waals surface area contributed by atoms with E-state index in [0.29, 0.717) is 24.7 Å². The van der Waals surface area contributed by atoms with Gasteiger partial charge in [-0.15, -0.1) is 0 Å². The Labute approximate surface area is 130 Å². The van der Waals surface area contributed by atoms with Gasteiger partial charge in [-0.25, -0.2) is 0 Å². The highest BCUT2D eigenvalue weighted by atomic mass is 16.3. The normalized spacial score (nSPS) is 56.5. The number of aliphatic hydroxyl groups is 1. The molecule has 2 nitrogen and oxygen atoms in total. The lowest BCUT2D eigenvalue weighted by atomic mass is 9.47. The summed E-state index contributed by atoms with van der Waals surface area (Å²) in [5.41, 5.74) is 1.20. The molecule has 0 radical (unpaired) electrons. The third-order valence-electron chi connectivity index (χ3n) is 7.56. The van der Waals surface area contributed by atoms with E-state index in [2.05, 4.69) is 13.8 Å². The number of ketones is 1. The van der Waals surface area contributed by atoms with Crippen molar-refractivity contribution < 1.29 is 12.6 Å². The molecule has 0 aliphatic heterocycles. The highest BCUT2D eigenvalue weighted by Gasteiger charge is 2.58. The third kappa shape index (κ3) is 1.78. The summed E-state index contributed by atoms with van der Waals surface area (Å²) < 4.78 is 16.5. The van der Waals surface area contributed by atoms with Crippen LogP contribution in [-0.4, -0.2) is 17.0 Å². The van der Waals surface area contributed by atoms with Gasteiger partial charge in [0.15, 0.2) is 5.78 Å². The minimum atomic E-state index is -1.45. The van der Waals surface area contributed by atoms with Crippen LogP contribution in [0.4, 0.5) is 0 Å². The van der Waals surface area contributed by atoms with E-state index in [0.717, 1.165) is 32.1 Å². The highest BCUT2D eigenvalue weighted by molar-refractivity contribution is 5.91. The van der Waals surface area contributed by atoms with Crippen LogP contribution in [0.5, 0.6) is 0 Å². The van der Waals surface area contributed by atoms with Crippen LogP contribution >= 0.6 is 0 Å². The lowest BCUT2D eigenvalue weighted by Crippen LogP contribution is -2.51. The number of aliphatic hydroxyl groups excluding tert-OH is 1. The average Bonchev–Trinajstić information content (AvgIpc) is 2.68. The van der Waals surface area contributed by atoms with Crippen molar-refractivity contribution in [1.82, 2.24) is 0 Å². The van der Waals surface area contributed by atoms with Gasteiger partial charge in [-0.05, 0) is 79.6 Å². The van der Waals surface area contributed by atoms with Gasteiger partial charge in [0.2, 0.25) is 0 Å². The number of rotatable bonds is 0. The van der Waals surface area contributed by atoms with Crippen LogP contribution in [0, 0.1) is 28.6 Å². The van der Waals surface area contributed by atoms with Crippen molar-refractivity contribution in [2.24, 2.45) is 28.6 Å². The molecule has 21 heavy (non-hydrogen) atoms. The summed E-state index contributed by atoms with van der Waals surface area (Å²) in [4.78, 5) is 11.8. The SMILES string of the molecule is [2H]C1([2H])C[C@H]2[C@@H]3CCC4=CC(=O)CC[C@]4(C)[C@H]3CC[C@]2(C)[C@@H]1O. The molecule has 0 amide bonds. The predicted octanol–water partition coefficient (Wildman–Crippen LogP) is 3.88. The molecule has 0 aromatic carbocycles. The summed E-state index contributed by atoms with van der Waals surface area (Å²) in [6.07, 6.45) is 5.76. The summed E-state index contributed by atoms with van der Waals surface area (Å²) >= 11 is 0. The highest BCUT2D eigenvalue weighted by Crippen LogP contribution is 2.65. The van der Waals surface area contributed by atoms with Crippen LogP contribution in [0.25, 0.3) is 0 Å². The number of hydrogen-bond donors (Lipinski definition) is 1. The van der Waals surface area contributed by atoms with E-state index in [1.807, 2.05) is 6.08 Å². The van der Waals surface area contributed by atoms with E-state index in [1.54, 1.807) is 0 Å². The summed E-state index contributed by atoms with van der Waals surface area (Å²) in [5.74, 6) is 1.61. The molecule has 0 bridgehead atoms. The predicted molar refractivity (Wildman–Crippen MR) is 82.7 cm³/mol. The van der Waals surface area contributed by atoms with E-state index in [-0.39, 0.29) is 22.5 Å². The van der Waals surface area contributed by atoms with Gasteiger partial charge in [-0.1, -0.05) is 19.4 Å². The van der Waals surface area contributed by atoms with Crippen LogP contribution in [0.2, 0.25) is 0 Å². The summed E-state index contributed by atoms with van der Waals surface area (Å²) in [6, 6.07) is 0. The zero-order valence-electron chi connectivity index (χ0n) is 15.2. The topological polar surface area (TPSA) is 37.3 Å². The summed E-state index contributed by atoms with van der Waals surface area (Å²) in [5, 5.41) is 10.6. The average molecular weight is 290 g/mol. The Morgan fingerprint density at radius 2 is 2.00 bits per heavy atom. The van der Waals surface area contributed by atoms with Gasteiger partial charge < -0.3 is 5.11 Å². The van der Waals surface area contributed by atoms with E-state index in [9.17, 15) is 9.90 Å². The molecular formula is C19H28O2. The van der Waals surface area contributed by atoms with Gasteiger partial charge in [0.25, 0.3) is 0 Å². The minimum Gasteiger partial charge on any atom is -0.393 e. The third-order valence-corrected chi connectivity index (χ3v) is 7.56. The first-order chi connectivity index (χ1) is 10.7. The molecule has 0 aromatic rings. The zero-order valence-corrected chi connectivity index (χ0v) is 13.2. The van der Waals surface area contributed by atoms with Gasteiger partial charge in [0.05, 0.1) is 6.10 Å². The molecule has 0 saturated heterocycles. The van der Waals surface area contributed by atoms with Gasteiger partial charge in [-0.2, -0.15) is 0 Å². The molecule has 1 N–H and O–H groups in total. The fraction of sp³-hybridized carbons (Fsp3) is 0.842. The van der Waals surface area contributed by atoms with Crippen molar-refractivity contribution in [3.63, 3.8) is 0 Å². The lowest BCUT2D eigenvalue weighted by Gasteiger charge is -2.57. The summed E-state index contributed by atoms with van der Waals surface area (Å²) in [7, 11) is 0. The van der Waals surface area contributed by atoms with E-state index in [1.165, 1.54) is 5.57 Å². The monoisotopic (exact) mass is 290 g/mol. The maximum Gasteiger partial charge on any atom is 0.155 e. The molecule has 0 unspecified atom stereocenters. The fourth-order valence-electron chi connectivity index (χ4n) is 6.10. The number of carbonyl (C=O) groups excluding carboxylic acids is 1. The molecule has 3 fully saturated rings. The Morgan fingerprint density at radius 3 is 2.81 bits per heavy atom. The van der Waals surface area contributed by atoms with Crippen molar-refractivity contribution in [2.75, 3.05) is 0 Å². The van der Waals surface area contributed by atoms with Crippen molar-refractivity contribution in [2.45, 2.75) is 71.3 Å². The number of allylic oxidation sites excluding steroid dienone is 1. The van der Waals surface area contributed by atoms with Gasteiger partial charge in [0, 0.05) is 9.16 Å². The molecule has 4 aliphatic rings. The number of hydrogen-bond acceptors (Lipinski definition) is 2. The maximum absolute atomic E-state index is 11.8. The standard InChI is InChI=1S/C19H28O2/c1-18-9-7-13(20)11-12(18)3-4-14-15-5-6-17(21)19(15,2)10-8-16(14)18/h11,14-17,21H,3-10H2,1-2H3/t14-,15-,16-,17+,18-,19-/m0/s1/i6D2. The molecule has 0 aromatic heterocycles. The second kappa shape index (κ2) is 4.44. The molecule has 4 rings (SSSR count). The Kier molecular flexibility index (Phi) is 2.51. The van der Waals surface area contributed by atoms with Crippen molar-refractivity contribution in [3.05, 3.63) is 11.6 Å². The Bertz CT molecular complexity index is 584. The van der Waals surface area contributed by atoms with Crippen molar-refractivity contribution >= 4 is 5.78 Å². The molecule has 3 saturated carbocycles. The van der Waals surface area contributed by atoms with Gasteiger partial charge in [-0.3, -0.25) is 4.79 Å². The fourth-order valence-corrected chi connectivity index (χ4v) is 6.10. The molecular weight excluding hydrogens is 260 g/mol. The molecule has 4 aliphatic carbocycles. The van der Waals surface area contributed by atoms with Crippen LogP contribution in [0.15, 0.2) is 11.6 Å². The second-order valence-corrected chi connectivity index (χ2v) is 8.32. The first-order valence-corrected chi connectivity index (χ1v) is 8.60. The summed E-state index contributed by atoms with van der Waals surface area (Å²) in [6.45, 7) is 4.45. The van der Waals surface area contributed by atoms with Crippen molar-refractivity contribution in [1.29, 1.82) is 0 Å². The molecule has 0 heterocycles. The number of carbonyl (C=O) groups is 1. The largest absolute Gasteiger partial charge is 0.393 e. The zero-order chi connectivity index (χ0) is 16.6. The Hall–Kier alpha value is -0.630. The molecule has 2 heteroatoms. The minimum absolute atomic E-state index is 0.123. The first-order valence-electron chi connectivity index (χ1n) is 9.60. The smallest absolute Gasteiger partial charge is 0.155 e. The Morgan fingerprint density at radius 1 is 1.19 bits per heavy atom. The van der Waals surface area contributed by atoms with Crippen LogP contribution in [0.3, 0.4) is 0 Å². The quantitative estimate of drug-likeness (QED) is 0.735. The molecule has 6 atom stereocenters. The van der Waals surface area contributed by atoms with E-state index < -0.39 is 12.5 Å². The maximum atomic E-state index is 11.8. The van der Waals surface area contributed by atoms with Crippen LogP contribution in [-0.2, 0) is 4.79 Å². The van der Waals surface area contributed by atoms with Gasteiger partial charge in [0.1, 0.15) is 0 Å². The van der Waals surface area contributed by atoms with E-state index in [4.69, 9.17) is 2.74 Å². The van der Waals surface area contributed by atoms with Gasteiger partial charge >= 0.3 is 0 Å².